The number of hydrogen-bond acceptors (Lipinski definition) is 4. The van der Waals surface area contributed by atoms with Gasteiger partial charge in [-0.05, 0) is 23.3 Å². The van der Waals surface area contributed by atoms with Gasteiger partial charge in [-0.1, -0.05) is 42.5 Å². The van der Waals surface area contributed by atoms with Gasteiger partial charge in [-0.3, -0.25) is 4.90 Å². The minimum atomic E-state index is -0.879. The zero-order chi connectivity index (χ0) is 17.5. The van der Waals surface area contributed by atoms with Crippen molar-refractivity contribution < 1.29 is 9.90 Å². The summed E-state index contributed by atoms with van der Waals surface area (Å²) in [5.41, 5.74) is 2.81. The Labute approximate surface area is 153 Å². The number of carboxylic acid groups (broad SMARTS) is 1. The van der Waals surface area contributed by atoms with E-state index in [0.29, 0.717) is 11.6 Å². The molecule has 0 radical (unpaired) electrons. The van der Waals surface area contributed by atoms with Crippen LogP contribution in [0.2, 0.25) is 0 Å². The van der Waals surface area contributed by atoms with Gasteiger partial charge in [0.25, 0.3) is 0 Å². The largest absolute Gasteiger partial charge is 0.478 e. The standard InChI is InChI=1S/C20H24N2O2S/c23-20(24)18-8-6-16(7-9-18)12-21-13-19-15-25-11-10-22(19)14-17-4-2-1-3-5-17/h1-9,19,21H,10-15H2,(H,23,24). The van der Waals surface area contributed by atoms with E-state index in [1.165, 1.54) is 11.3 Å². The molecule has 5 heteroatoms. The average Bonchev–Trinajstić information content (AvgIpc) is 2.64. The van der Waals surface area contributed by atoms with Crippen LogP contribution in [0.1, 0.15) is 21.5 Å². The quantitative estimate of drug-likeness (QED) is 0.798. The third-order valence-electron chi connectivity index (χ3n) is 4.49. The zero-order valence-electron chi connectivity index (χ0n) is 14.2. The Morgan fingerprint density at radius 1 is 1.12 bits per heavy atom. The molecule has 2 N–H and O–H groups in total. The van der Waals surface area contributed by atoms with Gasteiger partial charge >= 0.3 is 5.97 Å². The van der Waals surface area contributed by atoms with Gasteiger partial charge in [0.1, 0.15) is 0 Å². The number of carbonyl (C=O) groups is 1. The molecule has 1 heterocycles. The van der Waals surface area contributed by atoms with Crippen molar-refractivity contribution in [2.45, 2.75) is 19.1 Å². The van der Waals surface area contributed by atoms with Crippen molar-refractivity contribution in [1.29, 1.82) is 0 Å². The first-order valence-corrected chi connectivity index (χ1v) is 9.76. The first kappa shape index (κ1) is 18.0. The molecule has 2 aromatic rings. The van der Waals surface area contributed by atoms with Crippen molar-refractivity contribution in [3.63, 3.8) is 0 Å². The molecule has 0 saturated carbocycles. The molecular formula is C20H24N2O2S. The van der Waals surface area contributed by atoms with Gasteiger partial charge in [-0.2, -0.15) is 11.8 Å². The Balaban J connectivity index is 1.50. The number of aromatic carboxylic acids is 1. The van der Waals surface area contributed by atoms with Crippen molar-refractivity contribution >= 4 is 17.7 Å². The van der Waals surface area contributed by atoms with E-state index in [2.05, 4.69) is 40.5 Å². The molecule has 1 saturated heterocycles. The molecule has 3 rings (SSSR count). The summed E-state index contributed by atoms with van der Waals surface area (Å²) < 4.78 is 0. The van der Waals surface area contributed by atoms with E-state index in [0.717, 1.165) is 37.5 Å². The maximum atomic E-state index is 10.9. The predicted molar refractivity (Wildman–Crippen MR) is 103 cm³/mol. The predicted octanol–water partition coefficient (Wildman–Crippen LogP) is 3.09. The molecule has 0 spiro atoms. The van der Waals surface area contributed by atoms with E-state index in [4.69, 9.17) is 5.11 Å². The minimum Gasteiger partial charge on any atom is -0.478 e. The van der Waals surface area contributed by atoms with E-state index in [9.17, 15) is 4.79 Å². The van der Waals surface area contributed by atoms with Gasteiger partial charge in [-0.15, -0.1) is 0 Å². The molecule has 2 aromatic carbocycles. The maximum Gasteiger partial charge on any atom is 0.335 e. The highest BCUT2D eigenvalue weighted by Gasteiger charge is 2.22. The number of nitrogens with zero attached hydrogens (tertiary/aromatic N) is 1. The van der Waals surface area contributed by atoms with Gasteiger partial charge in [0, 0.05) is 43.7 Å². The third-order valence-corrected chi connectivity index (χ3v) is 5.58. The minimum absolute atomic E-state index is 0.335. The lowest BCUT2D eigenvalue weighted by Crippen LogP contribution is -2.47. The second-order valence-corrected chi connectivity index (χ2v) is 7.47. The number of thioether (sulfide) groups is 1. The highest BCUT2D eigenvalue weighted by molar-refractivity contribution is 7.99. The summed E-state index contributed by atoms with van der Waals surface area (Å²) >= 11 is 2.02. The smallest absolute Gasteiger partial charge is 0.335 e. The fourth-order valence-corrected chi connectivity index (χ4v) is 4.18. The Bertz CT molecular complexity index is 676. The summed E-state index contributed by atoms with van der Waals surface area (Å²) in [5.74, 6) is 1.47. The van der Waals surface area contributed by atoms with E-state index < -0.39 is 5.97 Å². The second-order valence-electron chi connectivity index (χ2n) is 6.32. The highest BCUT2D eigenvalue weighted by atomic mass is 32.2. The number of benzene rings is 2. The maximum absolute atomic E-state index is 10.9. The van der Waals surface area contributed by atoms with Gasteiger partial charge < -0.3 is 10.4 Å². The number of carboxylic acids is 1. The average molecular weight is 356 g/mol. The molecule has 1 aliphatic heterocycles. The molecule has 0 bridgehead atoms. The molecule has 1 fully saturated rings. The molecule has 1 atom stereocenters. The number of hydrogen-bond donors (Lipinski definition) is 2. The van der Waals surface area contributed by atoms with E-state index in [1.807, 2.05) is 23.9 Å². The summed E-state index contributed by atoms with van der Waals surface area (Å²) in [5, 5.41) is 12.5. The van der Waals surface area contributed by atoms with E-state index in [-0.39, 0.29) is 0 Å². The van der Waals surface area contributed by atoms with Crippen LogP contribution in [0.4, 0.5) is 0 Å². The van der Waals surface area contributed by atoms with Crippen LogP contribution < -0.4 is 5.32 Å². The van der Waals surface area contributed by atoms with Crippen LogP contribution in [0, 0.1) is 0 Å². The fourth-order valence-electron chi connectivity index (χ4n) is 3.05. The van der Waals surface area contributed by atoms with Gasteiger partial charge in [0.05, 0.1) is 5.56 Å². The number of rotatable bonds is 7. The second kappa shape index (κ2) is 9.04. The van der Waals surface area contributed by atoms with E-state index in [1.54, 1.807) is 12.1 Å². The lowest BCUT2D eigenvalue weighted by molar-refractivity contribution is 0.0697. The van der Waals surface area contributed by atoms with Crippen molar-refractivity contribution in [3.05, 3.63) is 71.3 Å². The summed E-state index contributed by atoms with van der Waals surface area (Å²) in [6.07, 6.45) is 0. The molecule has 0 amide bonds. The molecule has 4 nitrogen and oxygen atoms in total. The first-order chi connectivity index (χ1) is 12.2. The van der Waals surface area contributed by atoms with Crippen LogP contribution in [0.5, 0.6) is 0 Å². The molecule has 0 aromatic heterocycles. The summed E-state index contributed by atoms with van der Waals surface area (Å²) in [7, 11) is 0. The highest BCUT2D eigenvalue weighted by Crippen LogP contribution is 2.18. The normalized spacial score (nSPS) is 18.2. The van der Waals surface area contributed by atoms with Crippen LogP contribution >= 0.6 is 11.8 Å². The first-order valence-electron chi connectivity index (χ1n) is 8.61. The SMILES string of the molecule is O=C(O)c1ccc(CNCC2CSCCN2Cc2ccccc2)cc1. The molecule has 1 aliphatic rings. The monoisotopic (exact) mass is 356 g/mol. The molecule has 1 unspecified atom stereocenters. The van der Waals surface area contributed by atoms with Crippen molar-refractivity contribution in [1.82, 2.24) is 10.2 Å². The Hall–Kier alpha value is -1.82. The number of nitrogens with one attached hydrogen (secondary N) is 1. The van der Waals surface area contributed by atoms with E-state index >= 15 is 0 Å². The van der Waals surface area contributed by atoms with Crippen molar-refractivity contribution in [2.75, 3.05) is 24.6 Å². The van der Waals surface area contributed by atoms with Gasteiger partial charge in [0.2, 0.25) is 0 Å². The Morgan fingerprint density at radius 3 is 2.60 bits per heavy atom. The molecule has 25 heavy (non-hydrogen) atoms. The van der Waals surface area contributed by atoms with Crippen LogP contribution in [0.15, 0.2) is 54.6 Å². The summed E-state index contributed by atoms with van der Waals surface area (Å²) in [6.45, 7) is 3.83. The molecular weight excluding hydrogens is 332 g/mol. The lowest BCUT2D eigenvalue weighted by atomic mass is 10.1. The summed E-state index contributed by atoms with van der Waals surface area (Å²) in [6, 6.07) is 18.3. The van der Waals surface area contributed by atoms with Crippen LogP contribution in [-0.4, -0.2) is 46.6 Å². The van der Waals surface area contributed by atoms with Crippen LogP contribution in [0.3, 0.4) is 0 Å². The van der Waals surface area contributed by atoms with Gasteiger partial charge in [-0.25, -0.2) is 4.79 Å². The Morgan fingerprint density at radius 2 is 1.88 bits per heavy atom. The zero-order valence-corrected chi connectivity index (χ0v) is 15.0. The topological polar surface area (TPSA) is 52.6 Å². The lowest BCUT2D eigenvalue weighted by Gasteiger charge is -2.35. The van der Waals surface area contributed by atoms with Crippen LogP contribution in [0.25, 0.3) is 0 Å². The fraction of sp³-hybridized carbons (Fsp3) is 0.350. The van der Waals surface area contributed by atoms with Crippen molar-refractivity contribution in [3.8, 4) is 0 Å². The third kappa shape index (κ3) is 5.33. The summed E-state index contributed by atoms with van der Waals surface area (Å²) in [4.78, 5) is 13.5. The van der Waals surface area contributed by atoms with Crippen molar-refractivity contribution in [2.24, 2.45) is 0 Å². The molecule has 132 valence electrons. The molecule has 0 aliphatic carbocycles. The van der Waals surface area contributed by atoms with Crippen LogP contribution in [-0.2, 0) is 13.1 Å². The van der Waals surface area contributed by atoms with Gasteiger partial charge in [0.15, 0.2) is 0 Å². The Kier molecular flexibility index (Phi) is 6.50.